The van der Waals surface area contributed by atoms with Gasteiger partial charge in [0.05, 0.1) is 35.4 Å². The molecule has 186 valence electrons. The summed E-state index contributed by atoms with van der Waals surface area (Å²) in [6.45, 7) is 1.27. The van der Waals surface area contributed by atoms with E-state index in [1.54, 1.807) is 11.6 Å². The molecule has 0 aliphatic heterocycles. The van der Waals surface area contributed by atoms with E-state index >= 15 is 0 Å². The summed E-state index contributed by atoms with van der Waals surface area (Å²) in [7, 11) is 0. The Hall–Kier alpha value is -4.73. The molecule has 1 amide bonds. The Balaban J connectivity index is 1.46. The highest BCUT2D eigenvalue weighted by Crippen LogP contribution is 2.28. The lowest BCUT2D eigenvalue weighted by Crippen LogP contribution is -2.14. The molecule has 0 aliphatic carbocycles. The van der Waals surface area contributed by atoms with Crippen LogP contribution in [0, 0.1) is 30.2 Å². The van der Waals surface area contributed by atoms with Crippen molar-refractivity contribution in [2.75, 3.05) is 5.32 Å². The number of aromatic nitrogens is 4. The van der Waals surface area contributed by atoms with Gasteiger partial charge >= 0.3 is 0 Å². The predicted molar refractivity (Wildman–Crippen MR) is 129 cm³/mol. The van der Waals surface area contributed by atoms with E-state index in [4.69, 9.17) is 5.10 Å². The first-order valence-corrected chi connectivity index (χ1v) is 11.2. The van der Waals surface area contributed by atoms with Crippen LogP contribution in [0.3, 0.4) is 0 Å². The van der Waals surface area contributed by atoms with Crippen LogP contribution in [0.2, 0.25) is 0 Å². The zero-order valence-electron chi connectivity index (χ0n) is 19.4. The Morgan fingerprint density at radius 3 is 2.30 bits per heavy atom. The molecule has 0 fully saturated rings. The van der Waals surface area contributed by atoms with Crippen LogP contribution >= 0.6 is 0 Å². The molecule has 3 aromatic carbocycles. The second-order valence-electron chi connectivity index (χ2n) is 8.25. The van der Waals surface area contributed by atoms with Gasteiger partial charge in [0.25, 0.3) is 5.91 Å². The third kappa shape index (κ3) is 4.61. The van der Waals surface area contributed by atoms with Crippen LogP contribution < -0.4 is 5.32 Å². The Kier molecular flexibility index (Phi) is 6.31. The fourth-order valence-electron chi connectivity index (χ4n) is 4.01. The average Bonchev–Trinajstić information content (AvgIpc) is 3.50. The zero-order chi connectivity index (χ0) is 26.1. The molecule has 37 heavy (non-hydrogen) atoms. The summed E-state index contributed by atoms with van der Waals surface area (Å²) in [5, 5.41) is 11.4. The van der Waals surface area contributed by atoms with E-state index in [1.165, 1.54) is 12.4 Å². The number of amides is 1. The van der Waals surface area contributed by atoms with Gasteiger partial charge < -0.3 is 5.32 Å². The first kappa shape index (κ1) is 24.0. The van der Waals surface area contributed by atoms with E-state index in [-0.39, 0.29) is 11.8 Å². The minimum Gasteiger partial charge on any atom is -0.319 e. The highest BCUT2D eigenvalue weighted by Gasteiger charge is 2.24. The maximum atomic E-state index is 14.1. The number of anilines is 1. The first-order valence-electron chi connectivity index (χ1n) is 11.2. The second-order valence-corrected chi connectivity index (χ2v) is 8.25. The number of rotatable bonds is 6. The maximum Gasteiger partial charge on any atom is 0.259 e. The molecule has 2 aromatic heterocycles. The number of carbonyl (C=O) groups excluding carboxylic acids is 1. The van der Waals surface area contributed by atoms with Gasteiger partial charge in [0.15, 0.2) is 17.5 Å². The predicted octanol–water partition coefficient (Wildman–Crippen LogP) is 5.90. The number of para-hydroxylation sites is 1. The van der Waals surface area contributed by atoms with Crippen LogP contribution in [-0.2, 0) is 6.54 Å². The zero-order valence-corrected chi connectivity index (χ0v) is 19.4. The standard InChI is InChI=1S/C27H19F4N5O/c1-16-23(26(17-8-4-2-5-9-17)34-36(16)19-10-6-3-7-11-19)27(37)33-18-13-32-35(14-18)15-20-21(28)12-22(29)25(31)24(20)30/h2-14H,15H2,1H3,(H,33,37). The Bertz CT molecular complexity index is 1600. The van der Waals surface area contributed by atoms with Gasteiger partial charge in [0.1, 0.15) is 11.5 Å². The van der Waals surface area contributed by atoms with E-state index in [2.05, 4.69) is 10.4 Å². The average molecular weight is 505 g/mol. The van der Waals surface area contributed by atoms with Crippen LogP contribution in [0.15, 0.2) is 79.1 Å². The summed E-state index contributed by atoms with van der Waals surface area (Å²) >= 11 is 0. The van der Waals surface area contributed by atoms with Gasteiger partial charge in [-0.05, 0) is 19.1 Å². The van der Waals surface area contributed by atoms with Crippen molar-refractivity contribution >= 4 is 11.6 Å². The molecule has 0 atom stereocenters. The fourth-order valence-corrected chi connectivity index (χ4v) is 4.01. The van der Waals surface area contributed by atoms with Gasteiger partial charge in [-0.15, -0.1) is 0 Å². The van der Waals surface area contributed by atoms with Crippen molar-refractivity contribution in [1.82, 2.24) is 19.6 Å². The first-order chi connectivity index (χ1) is 17.8. The molecule has 5 aromatic rings. The van der Waals surface area contributed by atoms with Crippen LogP contribution in [0.25, 0.3) is 16.9 Å². The van der Waals surface area contributed by atoms with Gasteiger partial charge in [0.2, 0.25) is 0 Å². The lowest BCUT2D eigenvalue weighted by atomic mass is 10.1. The number of benzene rings is 3. The molecule has 0 aliphatic rings. The van der Waals surface area contributed by atoms with E-state index in [0.29, 0.717) is 17.0 Å². The monoisotopic (exact) mass is 505 g/mol. The third-order valence-corrected chi connectivity index (χ3v) is 5.81. The number of carbonyl (C=O) groups is 1. The Labute approximate surface area is 208 Å². The summed E-state index contributed by atoms with van der Waals surface area (Å²) in [5.74, 6) is -6.73. The lowest BCUT2D eigenvalue weighted by molar-refractivity contribution is 0.102. The number of halogens is 4. The van der Waals surface area contributed by atoms with Gasteiger partial charge in [-0.1, -0.05) is 48.5 Å². The van der Waals surface area contributed by atoms with Crippen molar-refractivity contribution < 1.29 is 22.4 Å². The van der Waals surface area contributed by atoms with Gasteiger partial charge in [-0.3, -0.25) is 9.48 Å². The number of hydrogen-bond donors (Lipinski definition) is 1. The molecule has 5 rings (SSSR count). The molecule has 0 saturated heterocycles. The SMILES string of the molecule is Cc1c(C(=O)Nc2cnn(Cc3c(F)cc(F)c(F)c3F)c2)c(-c2ccccc2)nn1-c1ccccc1. The quantitative estimate of drug-likeness (QED) is 0.178. The van der Waals surface area contributed by atoms with Crippen molar-refractivity contribution in [2.45, 2.75) is 13.5 Å². The van der Waals surface area contributed by atoms with E-state index in [0.717, 1.165) is 15.9 Å². The molecule has 0 bridgehead atoms. The van der Waals surface area contributed by atoms with Crippen molar-refractivity contribution in [3.63, 3.8) is 0 Å². The van der Waals surface area contributed by atoms with Crippen LogP contribution in [0.4, 0.5) is 23.2 Å². The molecule has 0 saturated carbocycles. The lowest BCUT2D eigenvalue weighted by Gasteiger charge is -2.07. The number of hydrogen-bond acceptors (Lipinski definition) is 3. The van der Waals surface area contributed by atoms with Crippen molar-refractivity contribution in [2.24, 2.45) is 0 Å². The Morgan fingerprint density at radius 2 is 1.59 bits per heavy atom. The minimum absolute atomic E-state index is 0.235. The van der Waals surface area contributed by atoms with Crippen LogP contribution in [-0.4, -0.2) is 25.5 Å². The smallest absolute Gasteiger partial charge is 0.259 e. The molecule has 0 radical (unpaired) electrons. The minimum atomic E-state index is -1.77. The molecule has 0 spiro atoms. The molecule has 10 heteroatoms. The van der Waals surface area contributed by atoms with Gasteiger partial charge in [0, 0.05) is 23.4 Å². The van der Waals surface area contributed by atoms with Gasteiger partial charge in [-0.25, -0.2) is 22.2 Å². The summed E-state index contributed by atoms with van der Waals surface area (Å²) in [4.78, 5) is 13.4. The second kappa shape index (κ2) is 9.73. The maximum absolute atomic E-state index is 14.1. The van der Waals surface area contributed by atoms with E-state index in [1.807, 2.05) is 60.7 Å². The fraction of sp³-hybridized carbons (Fsp3) is 0.0741. The highest BCUT2D eigenvalue weighted by molar-refractivity contribution is 6.09. The molecule has 2 heterocycles. The molecule has 6 nitrogen and oxygen atoms in total. The highest BCUT2D eigenvalue weighted by atomic mass is 19.2. The molecule has 0 unspecified atom stereocenters. The molecular weight excluding hydrogens is 486 g/mol. The summed E-state index contributed by atoms with van der Waals surface area (Å²) in [6.07, 6.45) is 2.61. The van der Waals surface area contributed by atoms with Crippen LogP contribution in [0.5, 0.6) is 0 Å². The largest absolute Gasteiger partial charge is 0.319 e. The summed E-state index contributed by atoms with van der Waals surface area (Å²) < 4.78 is 57.7. The number of nitrogens with zero attached hydrogens (tertiary/aromatic N) is 4. The summed E-state index contributed by atoms with van der Waals surface area (Å²) in [5.41, 5.74) is 2.47. The molecule has 1 N–H and O–H groups in total. The van der Waals surface area contributed by atoms with Crippen molar-refractivity contribution in [3.05, 3.63) is 119 Å². The van der Waals surface area contributed by atoms with E-state index < -0.39 is 41.3 Å². The third-order valence-electron chi connectivity index (χ3n) is 5.81. The topological polar surface area (TPSA) is 64.7 Å². The molecular formula is C27H19F4N5O. The Morgan fingerprint density at radius 1 is 0.919 bits per heavy atom. The normalized spacial score (nSPS) is 11.1. The van der Waals surface area contributed by atoms with Crippen molar-refractivity contribution in [3.8, 4) is 16.9 Å². The van der Waals surface area contributed by atoms with Gasteiger partial charge in [-0.2, -0.15) is 10.2 Å². The van der Waals surface area contributed by atoms with Crippen molar-refractivity contribution in [1.29, 1.82) is 0 Å². The van der Waals surface area contributed by atoms with Crippen LogP contribution in [0.1, 0.15) is 21.6 Å². The number of nitrogens with one attached hydrogen (secondary N) is 1. The van der Waals surface area contributed by atoms with E-state index in [9.17, 15) is 22.4 Å². The summed E-state index contributed by atoms with van der Waals surface area (Å²) in [6, 6.07) is 18.9.